The van der Waals surface area contributed by atoms with Gasteiger partial charge in [-0.05, 0) is 12.0 Å². The van der Waals surface area contributed by atoms with Gasteiger partial charge in [0.1, 0.15) is 6.54 Å². The highest BCUT2D eigenvalue weighted by Gasteiger charge is 2.23. The van der Waals surface area contributed by atoms with Crippen molar-refractivity contribution in [2.45, 2.75) is 32.4 Å². The first kappa shape index (κ1) is 16.2. The molecule has 0 fully saturated rings. The number of rotatable bonds is 7. The number of carbonyl (C=O) groups is 2. The van der Waals surface area contributed by atoms with Crippen LogP contribution in [0.25, 0.3) is 0 Å². The summed E-state index contributed by atoms with van der Waals surface area (Å²) in [4.78, 5) is 25.2. The largest absolute Gasteiger partial charge is 0.468 e. The second-order valence-corrected chi connectivity index (χ2v) is 4.65. The lowest BCUT2D eigenvalue weighted by Crippen LogP contribution is -2.45. The minimum Gasteiger partial charge on any atom is -0.468 e. The SMILES string of the molecule is CCC[C@H](N)C(=O)N(CC(=O)OC)Cc1ccccc1. The highest BCUT2D eigenvalue weighted by Crippen LogP contribution is 2.08. The van der Waals surface area contributed by atoms with Gasteiger partial charge in [-0.15, -0.1) is 0 Å². The molecule has 1 rings (SSSR count). The maximum absolute atomic E-state index is 12.3. The highest BCUT2D eigenvalue weighted by atomic mass is 16.5. The fourth-order valence-electron chi connectivity index (χ4n) is 1.90. The van der Waals surface area contributed by atoms with Gasteiger partial charge >= 0.3 is 5.97 Å². The molecular formula is C15H22N2O3. The van der Waals surface area contributed by atoms with Crippen molar-refractivity contribution in [1.29, 1.82) is 0 Å². The topological polar surface area (TPSA) is 72.6 Å². The molecule has 5 nitrogen and oxygen atoms in total. The number of nitrogens with two attached hydrogens (primary N) is 1. The molecule has 20 heavy (non-hydrogen) atoms. The second kappa shape index (κ2) is 8.32. The minimum atomic E-state index is -0.576. The number of benzene rings is 1. The summed E-state index contributed by atoms with van der Waals surface area (Å²) >= 11 is 0. The summed E-state index contributed by atoms with van der Waals surface area (Å²) in [6.07, 6.45) is 1.43. The smallest absolute Gasteiger partial charge is 0.325 e. The van der Waals surface area contributed by atoms with Crippen molar-refractivity contribution >= 4 is 11.9 Å². The summed E-state index contributed by atoms with van der Waals surface area (Å²) in [5.74, 6) is -0.668. The van der Waals surface area contributed by atoms with E-state index in [1.54, 1.807) is 0 Å². The van der Waals surface area contributed by atoms with E-state index < -0.39 is 12.0 Å². The molecule has 0 aromatic heterocycles. The van der Waals surface area contributed by atoms with Gasteiger partial charge in [-0.25, -0.2) is 0 Å². The van der Waals surface area contributed by atoms with Crippen LogP contribution in [0, 0.1) is 0 Å². The van der Waals surface area contributed by atoms with E-state index >= 15 is 0 Å². The maximum Gasteiger partial charge on any atom is 0.325 e. The summed E-state index contributed by atoms with van der Waals surface area (Å²) in [5, 5.41) is 0. The second-order valence-electron chi connectivity index (χ2n) is 4.65. The Kier molecular flexibility index (Phi) is 6.73. The Morgan fingerprint density at radius 3 is 2.50 bits per heavy atom. The molecule has 0 unspecified atom stereocenters. The van der Waals surface area contributed by atoms with Crippen LogP contribution in [0.15, 0.2) is 30.3 Å². The summed E-state index contributed by atoms with van der Waals surface area (Å²) < 4.78 is 4.63. The number of ether oxygens (including phenoxy) is 1. The first-order valence-electron chi connectivity index (χ1n) is 6.73. The van der Waals surface area contributed by atoms with Gasteiger partial charge in [-0.3, -0.25) is 9.59 Å². The van der Waals surface area contributed by atoms with Crippen molar-refractivity contribution in [3.8, 4) is 0 Å². The van der Waals surface area contributed by atoms with Crippen LogP contribution in [0.2, 0.25) is 0 Å². The normalized spacial score (nSPS) is 11.8. The zero-order valence-corrected chi connectivity index (χ0v) is 12.0. The molecule has 0 heterocycles. The van der Waals surface area contributed by atoms with Crippen molar-refractivity contribution in [2.24, 2.45) is 5.73 Å². The molecule has 5 heteroatoms. The Labute approximate surface area is 119 Å². The Balaban J connectivity index is 2.79. The van der Waals surface area contributed by atoms with Crippen molar-refractivity contribution in [3.05, 3.63) is 35.9 Å². The highest BCUT2D eigenvalue weighted by molar-refractivity contribution is 5.85. The standard InChI is InChI=1S/C15H22N2O3/c1-3-7-13(16)15(19)17(11-14(18)20-2)10-12-8-5-4-6-9-12/h4-6,8-9,13H,3,7,10-11,16H2,1-2H3/t13-/m0/s1. The first-order valence-corrected chi connectivity index (χ1v) is 6.73. The summed E-state index contributed by atoms with van der Waals surface area (Å²) in [6, 6.07) is 8.92. The number of hydrogen-bond acceptors (Lipinski definition) is 4. The molecule has 0 aliphatic carbocycles. The van der Waals surface area contributed by atoms with Gasteiger partial charge in [0.05, 0.1) is 13.2 Å². The van der Waals surface area contributed by atoms with Gasteiger partial charge in [0.2, 0.25) is 5.91 Å². The van der Waals surface area contributed by atoms with Crippen molar-refractivity contribution < 1.29 is 14.3 Å². The molecule has 1 amide bonds. The Morgan fingerprint density at radius 1 is 1.30 bits per heavy atom. The number of esters is 1. The third-order valence-electron chi connectivity index (χ3n) is 2.99. The molecule has 0 bridgehead atoms. The van der Waals surface area contributed by atoms with Crippen LogP contribution in [-0.4, -0.2) is 36.5 Å². The van der Waals surface area contributed by atoms with Crippen LogP contribution in [0.4, 0.5) is 0 Å². The lowest BCUT2D eigenvalue weighted by Gasteiger charge is -2.24. The van der Waals surface area contributed by atoms with Crippen LogP contribution in [0.1, 0.15) is 25.3 Å². The number of carbonyl (C=O) groups excluding carboxylic acids is 2. The van der Waals surface area contributed by atoms with Crippen molar-refractivity contribution in [2.75, 3.05) is 13.7 Å². The molecule has 0 aliphatic rings. The molecule has 0 spiro atoms. The van der Waals surface area contributed by atoms with E-state index in [2.05, 4.69) is 4.74 Å². The number of hydrogen-bond donors (Lipinski definition) is 1. The van der Waals surface area contributed by atoms with Crippen molar-refractivity contribution in [1.82, 2.24) is 4.90 Å². The number of amides is 1. The fourth-order valence-corrected chi connectivity index (χ4v) is 1.90. The van der Waals surface area contributed by atoms with Crippen LogP contribution in [0.5, 0.6) is 0 Å². The monoisotopic (exact) mass is 278 g/mol. The quantitative estimate of drug-likeness (QED) is 0.763. The average Bonchev–Trinajstić information content (AvgIpc) is 2.47. The molecular weight excluding hydrogens is 256 g/mol. The minimum absolute atomic E-state index is 0.0817. The third-order valence-corrected chi connectivity index (χ3v) is 2.99. The maximum atomic E-state index is 12.3. The summed E-state index contributed by atoms with van der Waals surface area (Å²) in [6.45, 7) is 2.24. The first-order chi connectivity index (χ1) is 9.58. The van der Waals surface area contributed by atoms with Gasteiger partial charge in [-0.1, -0.05) is 43.7 Å². The lowest BCUT2D eigenvalue weighted by atomic mass is 10.1. The molecule has 110 valence electrons. The molecule has 0 saturated carbocycles. The van der Waals surface area contributed by atoms with E-state index in [0.29, 0.717) is 13.0 Å². The predicted molar refractivity (Wildman–Crippen MR) is 76.8 cm³/mol. The van der Waals surface area contributed by atoms with E-state index in [4.69, 9.17) is 5.73 Å². The third kappa shape index (κ3) is 5.01. The van der Waals surface area contributed by atoms with E-state index in [9.17, 15) is 9.59 Å². The van der Waals surface area contributed by atoms with Crippen LogP contribution in [-0.2, 0) is 20.9 Å². The fraction of sp³-hybridized carbons (Fsp3) is 0.467. The number of nitrogens with zero attached hydrogens (tertiary/aromatic N) is 1. The van der Waals surface area contributed by atoms with Gasteiger partial charge in [0, 0.05) is 6.54 Å². The zero-order chi connectivity index (χ0) is 15.0. The van der Waals surface area contributed by atoms with Crippen molar-refractivity contribution in [3.63, 3.8) is 0 Å². The van der Waals surface area contributed by atoms with Crippen LogP contribution in [0.3, 0.4) is 0 Å². The predicted octanol–water partition coefficient (Wildman–Crippen LogP) is 1.32. The Morgan fingerprint density at radius 2 is 1.95 bits per heavy atom. The van der Waals surface area contributed by atoms with Gasteiger partial charge in [0.25, 0.3) is 0 Å². The molecule has 1 aromatic rings. The van der Waals surface area contributed by atoms with Gasteiger partial charge in [0.15, 0.2) is 0 Å². The summed E-state index contributed by atoms with van der Waals surface area (Å²) in [5.41, 5.74) is 6.81. The van der Waals surface area contributed by atoms with E-state index in [1.165, 1.54) is 12.0 Å². The molecule has 2 N–H and O–H groups in total. The number of methoxy groups -OCH3 is 1. The van der Waals surface area contributed by atoms with Gasteiger partial charge in [-0.2, -0.15) is 0 Å². The van der Waals surface area contributed by atoms with E-state index in [1.807, 2.05) is 37.3 Å². The van der Waals surface area contributed by atoms with E-state index in [0.717, 1.165) is 12.0 Å². The Bertz CT molecular complexity index is 434. The lowest BCUT2D eigenvalue weighted by molar-refractivity contribution is -0.147. The molecule has 0 radical (unpaired) electrons. The molecule has 1 aromatic carbocycles. The molecule has 1 atom stereocenters. The van der Waals surface area contributed by atoms with Crippen LogP contribution >= 0.6 is 0 Å². The average molecular weight is 278 g/mol. The zero-order valence-electron chi connectivity index (χ0n) is 12.0. The molecule has 0 aliphatic heterocycles. The summed E-state index contributed by atoms with van der Waals surface area (Å²) in [7, 11) is 1.31. The van der Waals surface area contributed by atoms with Crippen LogP contribution < -0.4 is 5.73 Å². The van der Waals surface area contributed by atoms with E-state index in [-0.39, 0.29) is 12.5 Å². The van der Waals surface area contributed by atoms with Gasteiger partial charge < -0.3 is 15.4 Å². The Hall–Kier alpha value is -1.88. The molecule has 0 saturated heterocycles.